The van der Waals surface area contributed by atoms with Crippen molar-refractivity contribution >= 4 is 17.4 Å². The Kier molecular flexibility index (Phi) is 3.07. The number of fused-ring (bicyclic) bond motifs is 1. The minimum Gasteiger partial charge on any atom is -0.497 e. The Labute approximate surface area is 94.6 Å². The number of likely N-dealkylation sites (N-methyl/N-ethyl adjacent to an activating group) is 1. The van der Waals surface area contributed by atoms with Crippen LogP contribution in [-0.2, 0) is 0 Å². The van der Waals surface area contributed by atoms with Gasteiger partial charge in [-0.15, -0.1) is 11.8 Å². The Hall–Kier alpha value is -0.870. The summed E-state index contributed by atoms with van der Waals surface area (Å²) in [7, 11) is 3.79. The molecule has 2 N–H and O–H groups in total. The van der Waals surface area contributed by atoms with Crippen LogP contribution in [0.2, 0.25) is 0 Å². The van der Waals surface area contributed by atoms with E-state index in [1.54, 1.807) is 7.11 Å². The van der Waals surface area contributed by atoms with Crippen LogP contribution in [0.1, 0.15) is 0 Å². The van der Waals surface area contributed by atoms with Crippen molar-refractivity contribution in [2.75, 3.05) is 31.4 Å². The van der Waals surface area contributed by atoms with Gasteiger partial charge in [-0.2, -0.15) is 0 Å². The second kappa shape index (κ2) is 4.33. The number of nitrogens with two attached hydrogens (primary N) is 1. The number of ether oxygens (including phenoxy) is 1. The number of anilines is 1. The maximum atomic E-state index is 5.74. The molecule has 1 aliphatic heterocycles. The number of hydrogen-bond acceptors (Lipinski definition) is 4. The van der Waals surface area contributed by atoms with Crippen molar-refractivity contribution in [1.82, 2.24) is 0 Å². The number of nitrogens with zero attached hydrogens (tertiary/aromatic N) is 1. The zero-order valence-corrected chi connectivity index (χ0v) is 9.88. The largest absolute Gasteiger partial charge is 0.497 e. The molecular weight excluding hydrogens is 208 g/mol. The van der Waals surface area contributed by atoms with Crippen molar-refractivity contribution in [3.05, 3.63) is 18.2 Å². The molecule has 4 heteroatoms. The van der Waals surface area contributed by atoms with Gasteiger partial charge in [-0.05, 0) is 12.1 Å². The molecule has 1 atom stereocenters. The molecule has 3 nitrogen and oxygen atoms in total. The molecular formula is C11H16N2OS. The molecule has 0 bridgehead atoms. The van der Waals surface area contributed by atoms with E-state index in [0.717, 1.165) is 11.5 Å². The van der Waals surface area contributed by atoms with Crippen LogP contribution in [0, 0.1) is 0 Å². The van der Waals surface area contributed by atoms with E-state index in [4.69, 9.17) is 10.5 Å². The van der Waals surface area contributed by atoms with Gasteiger partial charge in [-0.1, -0.05) is 0 Å². The lowest BCUT2D eigenvalue weighted by molar-refractivity contribution is 0.414. The Morgan fingerprint density at radius 2 is 2.40 bits per heavy atom. The summed E-state index contributed by atoms with van der Waals surface area (Å²) in [5, 5.41) is 0. The fraction of sp³-hybridized carbons (Fsp3) is 0.455. The Balaban J connectivity index is 2.35. The topological polar surface area (TPSA) is 38.5 Å². The lowest BCUT2D eigenvalue weighted by atomic mass is 10.2. The van der Waals surface area contributed by atoms with Crippen LogP contribution in [0.25, 0.3) is 0 Å². The first kappa shape index (κ1) is 10.6. The minimum atomic E-state index is 0.426. The SMILES string of the molecule is COc1ccc2c(c1)N(C)C(CN)CS2. The summed E-state index contributed by atoms with van der Waals surface area (Å²) in [6, 6.07) is 6.61. The third kappa shape index (κ3) is 1.92. The average molecular weight is 224 g/mol. The molecule has 1 aromatic rings. The summed E-state index contributed by atoms with van der Waals surface area (Å²) in [5.74, 6) is 1.96. The highest BCUT2D eigenvalue weighted by molar-refractivity contribution is 7.99. The van der Waals surface area contributed by atoms with Crippen LogP contribution < -0.4 is 15.4 Å². The highest BCUT2D eigenvalue weighted by Gasteiger charge is 2.22. The van der Waals surface area contributed by atoms with Gasteiger partial charge in [0.2, 0.25) is 0 Å². The fourth-order valence-corrected chi connectivity index (χ4v) is 2.99. The van der Waals surface area contributed by atoms with Gasteiger partial charge in [0.15, 0.2) is 0 Å². The molecule has 82 valence electrons. The number of methoxy groups -OCH3 is 1. The zero-order valence-electron chi connectivity index (χ0n) is 9.06. The highest BCUT2D eigenvalue weighted by Crippen LogP contribution is 2.38. The normalized spacial score (nSPS) is 19.9. The molecule has 1 unspecified atom stereocenters. The third-order valence-corrected chi connectivity index (χ3v) is 4.00. The van der Waals surface area contributed by atoms with Crippen molar-refractivity contribution in [3.63, 3.8) is 0 Å². The van der Waals surface area contributed by atoms with E-state index in [-0.39, 0.29) is 0 Å². The van der Waals surface area contributed by atoms with Crippen molar-refractivity contribution < 1.29 is 4.74 Å². The molecule has 1 heterocycles. The molecule has 0 aliphatic carbocycles. The highest BCUT2D eigenvalue weighted by atomic mass is 32.2. The summed E-state index contributed by atoms with van der Waals surface area (Å²) in [6.07, 6.45) is 0. The average Bonchev–Trinajstić information content (AvgIpc) is 2.29. The third-order valence-electron chi connectivity index (χ3n) is 2.80. The number of benzene rings is 1. The first-order valence-corrected chi connectivity index (χ1v) is 5.98. The number of thioether (sulfide) groups is 1. The van der Waals surface area contributed by atoms with Crippen LogP contribution >= 0.6 is 11.8 Å². The van der Waals surface area contributed by atoms with Gasteiger partial charge in [0.05, 0.1) is 18.8 Å². The first-order valence-electron chi connectivity index (χ1n) is 5.00. The van der Waals surface area contributed by atoms with Gasteiger partial charge < -0.3 is 15.4 Å². The molecule has 1 aliphatic rings. The van der Waals surface area contributed by atoms with Crippen LogP contribution in [0.4, 0.5) is 5.69 Å². The van der Waals surface area contributed by atoms with Crippen molar-refractivity contribution in [1.29, 1.82) is 0 Å². The van der Waals surface area contributed by atoms with Crippen molar-refractivity contribution in [3.8, 4) is 5.75 Å². The molecule has 2 rings (SSSR count). The van der Waals surface area contributed by atoms with Crippen molar-refractivity contribution in [2.24, 2.45) is 5.73 Å². The lowest BCUT2D eigenvalue weighted by Crippen LogP contribution is -2.42. The summed E-state index contributed by atoms with van der Waals surface area (Å²) in [4.78, 5) is 3.55. The van der Waals surface area contributed by atoms with Crippen molar-refractivity contribution in [2.45, 2.75) is 10.9 Å². The summed E-state index contributed by atoms with van der Waals surface area (Å²) in [5.41, 5.74) is 6.96. The van der Waals surface area contributed by atoms with Gasteiger partial charge in [0.25, 0.3) is 0 Å². The van der Waals surface area contributed by atoms with Gasteiger partial charge in [0.1, 0.15) is 5.75 Å². The molecule has 1 aromatic carbocycles. The maximum Gasteiger partial charge on any atom is 0.121 e. The molecule has 15 heavy (non-hydrogen) atoms. The lowest BCUT2D eigenvalue weighted by Gasteiger charge is -2.34. The Bertz CT molecular complexity index is 356. The van der Waals surface area contributed by atoms with Crippen LogP contribution in [0.15, 0.2) is 23.1 Å². The van der Waals surface area contributed by atoms with Crippen LogP contribution in [0.3, 0.4) is 0 Å². The molecule has 0 saturated heterocycles. The number of rotatable bonds is 2. The second-order valence-corrected chi connectivity index (χ2v) is 4.71. The molecule has 0 fully saturated rings. The van der Waals surface area contributed by atoms with E-state index in [2.05, 4.69) is 24.1 Å². The van der Waals surface area contributed by atoms with E-state index < -0.39 is 0 Å². The standard InChI is InChI=1S/C11H16N2OS/c1-13-8(6-12)7-15-11-4-3-9(14-2)5-10(11)13/h3-5,8H,6-7,12H2,1-2H3. The molecule has 0 aromatic heterocycles. The maximum absolute atomic E-state index is 5.74. The van der Waals surface area contributed by atoms with Gasteiger partial charge in [-0.3, -0.25) is 0 Å². The van der Waals surface area contributed by atoms with Gasteiger partial charge >= 0.3 is 0 Å². The zero-order chi connectivity index (χ0) is 10.8. The molecule has 0 spiro atoms. The van der Waals surface area contributed by atoms with E-state index in [1.165, 1.54) is 10.6 Å². The van der Waals surface area contributed by atoms with E-state index in [9.17, 15) is 0 Å². The molecule has 0 amide bonds. The summed E-state index contributed by atoms with van der Waals surface area (Å²) >= 11 is 1.87. The summed E-state index contributed by atoms with van der Waals surface area (Å²) < 4.78 is 5.23. The van der Waals surface area contributed by atoms with E-state index in [0.29, 0.717) is 12.6 Å². The Morgan fingerprint density at radius 3 is 3.07 bits per heavy atom. The monoisotopic (exact) mass is 224 g/mol. The van der Waals surface area contributed by atoms with Gasteiger partial charge in [0, 0.05) is 30.3 Å². The smallest absolute Gasteiger partial charge is 0.121 e. The first-order chi connectivity index (χ1) is 7.26. The minimum absolute atomic E-state index is 0.426. The second-order valence-electron chi connectivity index (χ2n) is 3.65. The molecule has 0 saturated carbocycles. The fourth-order valence-electron chi connectivity index (χ4n) is 1.74. The summed E-state index contributed by atoms with van der Waals surface area (Å²) in [6.45, 7) is 0.695. The predicted molar refractivity (Wildman–Crippen MR) is 65.0 cm³/mol. The van der Waals surface area contributed by atoms with Crippen LogP contribution in [-0.4, -0.2) is 32.5 Å². The Morgan fingerprint density at radius 1 is 1.60 bits per heavy atom. The van der Waals surface area contributed by atoms with E-state index in [1.807, 2.05) is 17.8 Å². The predicted octanol–water partition coefficient (Wildman–Crippen LogP) is 1.56. The number of hydrogen-bond donors (Lipinski definition) is 1. The molecule has 0 radical (unpaired) electrons. The van der Waals surface area contributed by atoms with Crippen LogP contribution in [0.5, 0.6) is 5.75 Å². The van der Waals surface area contributed by atoms with Gasteiger partial charge in [-0.25, -0.2) is 0 Å². The van der Waals surface area contributed by atoms with E-state index >= 15 is 0 Å². The quantitative estimate of drug-likeness (QED) is 0.827.